The van der Waals surface area contributed by atoms with Crippen LogP contribution in [0.25, 0.3) is 22.5 Å². The first-order valence-corrected chi connectivity index (χ1v) is 12.0. The van der Waals surface area contributed by atoms with Crippen LogP contribution >= 0.6 is 0 Å². The molecule has 0 spiro atoms. The summed E-state index contributed by atoms with van der Waals surface area (Å²) in [5.74, 6) is -1.11. The molecule has 13 heteroatoms. The van der Waals surface area contributed by atoms with E-state index in [9.17, 15) is 17.6 Å². The molecule has 1 amide bonds. The second kappa shape index (κ2) is 8.91. The molecule has 0 bridgehead atoms. The largest absolute Gasteiger partial charge is 0.392 e. The molecule has 34 heavy (non-hydrogen) atoms. The number of aromatic amines is 1. The fraction of sp³-hybridized carbons (Fsp3) is 0.286. The third-order valence-electron chi connectivity index (χ3n) is 5.85. The van der Waals surface area contributed by atoms with E-state index >= 15 is 0 Å². The maximum atomic E-state index is 14.9. The van der Waals surface area contributed by atoms with Crippen LogP contribution in [0.15, 0.2) is 47.6 Å². The van der Waals surface area contributed by atoms with Crippen molar-refractivity contribution in [1.29, 1.82) is 0 Å². The van der Waals surface area contributed by atoms with Crippen LogP contribution in [0.1, 0.15) is 25.3 Å². The van der Waals surface area contributed by atoms with E-state index in [0.29, 0.717) is 28.2 Å². The minimum atomic E-state index is -3.88. The molecule has 2 aromatic carbocycles. The summed E-state index contributed by atoms with van der Waals surface area (Å²) in [6.45, 7) is 1.20. The van der Waals surface area contributed by atoms with Crippen molar-refractivity contribution >= 4 is 21.5 Å². The molecule has 3 aromatic rings. The third kappa shape index (κ3) is 4.39. The zero-order chi connectivity index (χ0) is 24.5. The monoisotopic (exact) mass is 488 g/mol. The SMILES string of the molecule is CC(CC1CC(c2ccc(-c3ccc(-c4nn[nH]n4)cc3)c(F)c2)=NO1)(C(=O)NO)S(C)(=O)=O. The van der Waals surface area contributed by atoms with Gasteiger partial charge in [-0.05, 0) is 23.8 Å². The van der Waals surface area contributed by atoms with Gasteiger partial charge in [0.2, 0.25) is 5.82 Å². The van der Waals surface area contributed by atoms with Crippen molar-refractivity contribution in [2.75, 3.05) is 6.26 Å². The van der Waals surface area contributed by atoms with Crippen molar-refractivity contribution in [2.24, 2.45) is 5.16 Å². The lowest BCUT2D eigenvalue weighted by Crippen LogP contribution is -2.51. The number of hydrogen-bond acceptors (Lipinski definition) is 9. The Bertz CT molecular complexity index is 1340. The fourth-order valence-electron chi connectivity index (χ4n) is 3.69. The number of benzene rings is 2. The van der Waals surface area contributed by atoms with Crippen LogP contribution < -0.4 is 5.48 Å². The number of nitrogens with one attached hydrogen (secondary N) is 2. The van der Waals surface area contributed by atoms with E-state index in [1.807, 2.05) is 0 Å². The number of nitrogens with zero attached hydrogens (tertiary/aromatic N) is 4. The van der Waals surface area contributed by atoms with Gasteiger partial charge >= 0.3 is 0 Å². The van der Waals surface area contributed by atoms with Gasteiger partial charge in [-0.25, -0.2) is 18.3 Å². The Kier molecular flexibility index (Phi) is 6.15. The number of aromatic nitrogens is 4. The third-order valence-corrected chi connectivity index (χ3v) is 7.84. The van der Waals surface area contributed by atoms with Crippen LogP contribution in [-0.4, -0.2) is 63.0 Å². The molecule has 0 radical (unpaired) electrons. The molecule has 1 aliphatic heterocycles. The van der Waals surface area contributed by atoms with Crippen LogP contribution in [0.4, 0.5) is 4.39 Å². The summed E-state index contributed by atoms with van der Waals surface area (Å²) in [4.78, 5) is 17.4. The number of carbonyl (C=O) groups is 1. The van der Waals surface area contributed by atoms with Gasteiger partial charge in [-0.1, -0.05) is 41.6 Å². The normalized spacial score (nSPS) is 17.5. The molecule has 1 aromatic heterocycles. The van der Waals surface area contributed by atoms with E-state index in [1.54, 1.807) is 36.4 Å². The van der Waals surface area contributed by atoms with Gasteiger partial charge in [0.15, 0.2) is 14.6 Å². The predicted octanol–water partition coefficient (Wildman–Crippen LogP) is 1.86. The van der Waals surface area contributed by atoms with E-state index in [2.05, 4.69) is 25.8 Å². The lowest BCUT2D eigenvalue weighted by Gasteiger charge is -2.26. The summed E-state index contributed by atoms with van der Waals surface area (Å²) in [5, 5.41) is 26.6. The number of rotatable bonds is 7. The Hall–Kier alpha value is -3.71. The summed E-state index contributed by atoms with van der Waals surface area (Å²) in [5.41, 5.74) is 4.05. The van der Waals surface area contributed by atoms with Crippen LogP contribution in [0.2, 0.25) is 0 Å². The molecule has 3 N–H and O–H groups in total. The van der Waals surface area contributed by atoms with E-state index < -0.39 is 32.4 Å². The quantitative estimate of drug-likeness (QED) is 0.336. The number of amides is 1. The average molecular weight is 489 g/mol. The van der Waals surface area contributed by atoms with Gasteiger partial charge in [-0.2, -0.15) is 5.21 Å². The van der Waals surface area contributed by atoms with Crippen LogP contribution in [0.3, 0.4) is 0 Å². The van der Waals surface area contributed by atoms with Crippen LogP contribution in [0, 0.1) is 5.82 Å². The topological polar surface area (TPSA) is 160 Å². The van der Waals surface area contributed by atoms with E-state index in [4.69, 9.17) is 10.0 Å². The molecular weight excluding hydrogens is 467 g/mol. The summed E-state index contributed by atoms with van der Waals surface area (Å²) in [6.07, 6.45) is 0.0925. The van der Waals surface area contributed by atoms with E-state index in [0.717, 1.165) is 11.8 Å². The highest BCUT2D eigenvalue weighted by molar-refractivity contribution is 7.92. The highest BCUT2D eigenvalue weighted by Gasteiger charge is 2.47. The highest BCUT2D eigenvalue weighted by atomic mass is 32.2. The number of tetrazole rings is 1. The zero-order valence-electron chi connectivity index (χ0n) is 18.2. The first-order chi connectivity index (χ1) is 16.1. The Morgan fingerprint density at radius 2 is 1.91 bits per heavy atom. The number of hydrogen-bond donors (Lipinski definition) is 3. The standard InChI is InChI=1S/C21H21FN6O5S/c1-21(20(29)25-30,34(2,31)32)11-15-10-18(26-33-15)14-7-8-16(17(22)9-14)12-3-5-13(6-4-12)19-23-27-28-24-19/h3-9,15,30H,10-11H2,1-2H3,(H,25,29)(H,23,24,27,28). The molecule has 0 saturated heterocycles. The average Bonchev–Trinajstić information content (AvgIpc) is 3.50. The van der Waals surface area contributed by atoms with Gasteiger partial charge in [0, 0.05) is 35.8 Å². The molecule has 11 nitrogen and oxygen atoms in total. The molecule has 2 unspecified atom stereocenters. The summed E-state index contributed by atoms with van der Waals surface area (Å²) in [7, 11) is -3.88. The number of carbonyl (C=O) groups excluding carboxylic acids is 1. The van der Waals surface area contributed by atoms with Crippen molar-refractivity contribution in [1.82, 2.24) is 26.1 Å². The minimum Gasteiger partial charge on any atom is -0.392 e. The zero-order valence-corrected chi connectivity index (χ0v) is 19.0. The van der Waals surface area contributed by atoms with Crippen molar-refractivity contribution in [2.45, 2.75) is 30.6 Å². The van der Waals surface area contributed by atoms with E-state index in [1.165, 1.54) is 18.5 Å². The number of H-pyrrole nitrogens is 1. The smallest absolute Gasteiger partial charge is 0.264 e. The van der Waals surface area contributed by atoms with Crippen molar-refractivity contribution in [3.05, 3.63) is 53.8 Å². The number of hydroxylamine groups is 1. The molecule has 1 aliphatic rings. The molecule has 2 atom stereocenters. The van der Waals surface area contributed by atoms with Crippen LogP contribution in [-0.2, 0) is 19.5 Å². The van der Waals surface area contributed by atoms with Gasteiger partial charge in [0.1, 0.15) is 11.9 Å². The lowest BCUT2D eigenvalue weighted by atomic mass is 9.95. The van der Waals surface area contributed by atoms with Gasteiger partial charge in [-0.3, -0.25) is 10.0 Å². The van der Waals surface area contributed by atoms with Crippen molar-refractivity contribution in [3.63, 3.8) is 0 Å². The molecular formula is C21H21FN6O5S. The fourth-order valence-corrected chi connectivity index (χ4v) is 4.56. The Labute approximate surface area is 193 Å². The van der Waals surface area contributed by atoms with E-state index in [-0.39, 0.29) is 12.8 Å². The first kappa shape index (κ1) is 23.4. The number of halogens is 1. The lowest BCUT2D eigenvalue weighted by molar-refractivity contribution is -0.132. The van der Waals surface area contributed by atoms with Crippen LogP contribution in [0.5, 0.6) is 0 Å². The Morgan fingerprint density at radius 1 is 1.24 bits per heavy atom. The highest BCUT2D eigenvalue weighted by Crippen LogP contribution is 2.31. The summed E-state index contributed by atoms with van der Waals surface area (Å²) >= 11 is 0. The molecule has 4 rings (SSSR count). The number of sulfone groups is 1. The molecule has 2 heterocycles. The Balaban J connectivity index is 1.49. The van der Waals surface area contributed by atoms with Gasteiger partial charge < -0.3 is 4.84 Å². The van der Waals surface area contributed by atoms with Gasteiger partial charge in [0.05, 0.1) is 5.71 Å². The maximum absolute atomic E-state index is 14.9. The second-order valence-electron chi connectivity index (χ2n) is 8.12. The summed E-state index contributed by atoms with van der Waals surface area (Å²) in [6, 6.07) is 11.6. The first-order valence-electron chi connectivity index (χ1n) is 10.1. The number of oxime groups is 1. The van der Waals surface area contributed by atoms with Gasteiger partial charge in [0.25, 0.3) is 5.91 Å². The van der Waals surface area contributed by atoms with Crippen molar-refractivity contribution in [3.8, 4) is 22.5 Å². The molecule has 0 saturated carbocycles. The molecule has 0 fully saturated rings. The summed E-state index contributed by atoms with van der Waals surface area (Å²) < 4.78 is 37.4. The van der Waals surface area contributed by atoms with Gasteiger partial charge in [-0.15, -0.1) is 10.2 Å². The maximum Gasteiger partial charge on any atom is 0.264 e. The molecule has 178 valence electrons. The predicted molar refractivity (Wildman–Crippen MR) is 119 cm³/mol. The minimum absolute atomic E-state index is 0.169. The molecule has 0 aliphatic carbocycles. The second-order valence-corrected chi connectivity index (χ2v) is 10.6. The Morgan fingerprint density at radius 3 is 2.50 bits per heavy atom. The van der Waals surface area contributed by atoms with Crippen molar-refractivity contribution < 1.29 is 27.6 Å².